The van der Waals surface area contributed by atoms with Crippen molar-refractivity contribution in [1.82, 2.24) is 19.1 Å². The highest BCUT2D eigenvalue weighted by molar-refractivity contribution is 7.99. The summed E-state index contributed by atoms with van der Waals surface area (Å²) in [5, 5.41) is 0.917. The fraction of sp³-hybridized carbons (Fsp3) is 0.588. The van der Waals surface area contributed by atoms with Gasteiger partial charge >= 0.3 is 5.69 Å². The van der Waals surface area contributed by atoms with Crippen LogP contribution in [0.25, 0.3) is 11.0 Å². The summed E-state index contributed by atoms with van der Waals surface area (Å²) in [6.07, 6.45) is 1.21. The number of Topliss-reactive ketones (excluding diaryl/α,β-unsaturated/α-hetero) is 1. The second kappa shape index (κ2) is 7.11. The maximum Gasteiger partial charge on any atom is 0.332 e. The van der Waals surface area contributed by atoms with Gasteiger partial charge in [0.1, 0.15) is 22.0 Å². The van der Waals surface area contributed by atoms with Crippen LogP contribution in [0.15, 0.2) is 14.6 Å². The fourth-order valence-electron chi connectivity index (χ4n) is 2.36. The van der Waals surface area contributed by atoms with Crippen LogP contribution in [0, 0.1) is 0 Å². The molecule has 7 nitrogen and oxygen atoms in total. The predicted octanol–water partition coefficient (Wildman–Crippen LogP) is 1.79. The Balaban J connectivity index is 2.66. The first-order chi connectivity index (χ1) is 11.5. The first-order valence-electron chi connectivity index (χ1n) is 8.14. The number of nitrogens with zero attached hydrogens (tertiary/aromatic N) is 4. The summed E-state index contributed by atoms with van der Waals surface area (Å²) in [5.74, 6) is 1.39. The number of hydrogen-bond donors (Lipinski definition) is 0. The molecule has 0 saturated carbocycles. The highest BCUT2D eigenvalue weighted by atomic mass is 32.2. The molecule has 0 bridgehead atoms. The molecule has 25 heavy (non-hydrogen) atoms. The molecule has 8 heteroatoms. The van der Waals surface area contributed by atoms with Crippen LogP contribution in [-0.4, -0.2) is 30.6 Å². The van der Waals surface area contributed by atoms with Crippen molar-refractivity contribution in [3.63, 3.8) is 0 Å². The third-order valence-electron chi connectivity index (χ3n) is 3.85. The minimum absolute atomic E-state index is 0.141. The molecule has 0 atom stereocenters. The van der Waals surface area contributed by atoms with Gasteiger partial charge in [0.05, 0.1) is 0 Å². The lowest BCUT2D eigenvalue weighted by Crippen LogP contribution is -2.38. The van der Waals surface area contributed by atoms with Crippen LogP contribution in [-0.2, 0) is 24.3 Å². The lowest BCUT2D eigenvalue weighted by atomic mass is 9.96. The maximum absolute atomic E-state index is 12.6. The quantitative estimate of drug-likeness (QED) is 0.457. The van der Waals surface area contributed by atoms with Crippen LogP contribution >= 0.6 is 11.8 Å². The van der Waals surface area contributed by atoms with Crippen molar-refractivity contribution in [2.45, 2.75) is 51.0 Å². The monoisotopic (exact) mass is 364 g/mol. The van der Waals surface area contributed by atoms with Gasteiger partial charge in [0.15, 0.2) is 5.65 Å². The molecule has 0 aromatic carbocycles. The zero-order valence-corrected chi connectivity index (χ0v) is 16.4. The predicted molar refractivity (Wildman–Crippen MR) is 99.4 cm³/mol. The third kappa shape index (κ3) is 4.00. The number of ketones is 1. The Labute approximate surface area is 150 Å². The number of thioether (sulfide) groups is 1. The number of hydrogen-bond acceptors (Lipinski definition) is 6. The van der Waals surface area contributed by atoms with E-state index in [2.05, 4.69) is 9.97 Å². The van der Waals surface area contributed by atoms with Gasteiger partial charge in [0.25, 0.3) is 5.56 Å². The van der Waals surface area contributed by atoms with Crippen molar-refractivity contribution < 1.29 is 4.79 Å². The van der Waals surface area contributed by atoms with E-state index in [-0.39, 0.29) is 11.2 Å². The van der Waals surface area contributed by atoms with Gasteiger partial charge in [0, 0.05) is 25.9 Å². The largest absolute Gasteiger partial charge is 0.332 e. The van der Waals surface area contributed by atoms with Crippen molar-refractivity contribution in [2.24, 2.45) is 14.1 Å². The summed E-state index contributed by atoms with van der Waals surface area (Å²) >= 11 is 1.43. The molecule has 2 aromatic heterocycles. The Morgan fingerprint density at radius 1 is 1.12 bits per heavy atom. The van der Waals surface area contributed by atoms with Crippen LogP contribution in [0.1, 0.15) is 46.4 Å². The first-order valence-corrected chi connectivity index (χ1v) is 9.13. The van der Waals surface area contributed by atoms with Gasteiger partial charge in [-0.15, -0.1) is 11.8 Å². The molecule has 136 valence electrons. The van der Waals surface area contributed by atoms with Crippen LogP contribution in [0.4, 0.5) is 0 Å². The molecule has 0 aliphatic heterocycles. The lowest BCUT2D eigenvalue weighted by Gasteiger charge is -2.19. The van der Waals surface area contributed by atoms with Gasteiger partial charge in [0.2, 0.25) is 0 Å². The van der Waals surface area contributed by atoms with Crippen molar-refractivity contribution >= 4 is 28.6 Å². The van der Waals surface area contributed by atoms with Gasteiger partial charge < -0.3 is 4.79 Å². The van der Waals surface area contributed by atoms with Crippen molar-refractivity contribution in [3.8, 4) is 0 Å². The zero-order valence-electron chi connectivity index (χ0n) is 15.5. The van der Waals surface area contributed by atoms with E-state index < -0.39 is 11.2 Å². The Bertz CT molecular complexity index is 938. The first kappa shape index (κ1) is 19.4. The molecular weight excluding hydrogens is 340 g/mol. The number of aryl methyl sites for hydroxylation is 1. The smallest absolute Gasteiger partial charge is 0.300 e. The molecule has 0 aliphatic rings. The summed E-state index contributed by atoms with van der Waals surface area (Å²) in [4.78, 5) is 45.1. The summed E-state index contributed by atoms with van der Waals surface area (Å²) in [6, 6.07) is 0. The fourth-order valence-corrected chi connectivity index (χ4v) is 3.31. The minimum Gasteiger partial charge on any atom is -0.300 e. The van der Waals surface area contributed by atoms with Crippen LogP contribution in [0.2, 0.25) is 0 Å². The summed E-state index contributed by atoms with van der Waals surface area (Å²) in [5.41, 5.74) is -0.779. The molecular formula is C17H24N4O3S. The Kier molecular flexibility index (Phi) is 5.51. The molecule has 0 aliphatic carbocycles. The van der Waals surface area contributed by atoms with Crippen molar-refractivity contribution in [3.05, 3.63) is 26.7 Å². The highest BCUT2D eigenvalue weighted by Gasteiger charge is 2.23. The van der Waals surface area contributed by atoms with Gasteiger partial charge in [-0.3, -0.25) is 13.9 Å². The van der Waals surface area contributed by atoms with Crippen molar-refractivity contribution in [1.29, 1.82) is 0 Å². The molecule has 0 saturated heterocycles. The summed E-state index contributed by atoms with van der Waals surface area (Å²) in [6.45, 7) is 7.51. The Morgan fingerprint density at radius 3 is 2.32 bits per heavy atom. The summed E-state index contributed by atoms with van der Waals surface area (Å²) < 4.78 is 2.45. The SMILES string of the molecule is CC(=O)CCCSc1nc(C(C)(C)C)nc2c1c(=O)n(C)c(=O)n2C. The molecule has 2 heterocycles. The van der Waals surface area contributed by atoms with Gasteiger partial charge in [-0.25, -0.2) is 14.8 Å². The average molecular weight is 364 g/mol. The van der Waals surface area contributed by atoms with E-state index in [0.717, 1.165) is 4.57 Å². The zero-order chi connectivity index (χ0) is 18.9. The van der Waals surface area contributed by atoms with Crippen molar-refractivity contribution in [2.75, 3.05) is 5.75 Å². The maximum atomic E-state index is 12.6. The molecule has 2 aromatic rings. The molecule has 0 unspecified atom stereocenters. The highest BCUT2D eigenvalue weighted by Crippen LogP contribution is 2.27. The van der Waals surface area contributed by atoms with Crippen LogP contribution in [0.5, 0.6) is 0 Å². The number of carbonyl (C=O) groups excluding carboxylic acids is 1. The van der Waals surface area contributed by atoms with Crippen LogP contribution in [0.3, 0.4) is 0 Å². The van der Waals surface area contributed by atoms with E-state index in [1.807, 2.05) is 20.8 Å². The van der Waals surface area contributed by atoms with E-state index in [4.69, 9.17) is 0 Å². The number of fused-ring (bicyclic) bond motifs is 1. The topological polar surface area (TPSA) is 86.8 Å². The van der Waals surface area contributed by atoms with E-state index in [9.17, 15) is 14.4 Å². The number of aromatic nitrogens is 4. The van der Waals surface area contributed by atoms with E-state index >= 15 is 0 Å². The van der Waals surface area contributed by atoms with E-state index in [1.165, 1.54) is 23.4 Å². The van der Waals surface area contributed by atoms with Gasteiger partial charge in [-0.1, -0.05) is 20.8 Å². The third-order valence-corrected chi connectivity index (χ3v) is 4.91. The van der Waals surface area contributed by atoms with E-state index in [0.29, 0.717) is 40.5 Å². The summed E-state index contributed by atoms with van der Waals surface area (Å²) in [7, 11) is 3.06. The Hall–Kier alpha value is -1.96. The molecule has 0 radical (unpaired) electrons. The lowest BCUT2D eigenvalue weighted by molar-refractivity contribution is -0.117. The van der Waals surface area contributed by atoms with Gasteiger partial charge in [-0.05, 0) is 19.1 Å². The average Bonchev–Trinajstić information content (AvgIpc) is 2.53. The molecule has 0 spiro atoms. The Morgan fingerprint density at radius 2 is 1.76 bits per heavy atom. The number of rotatable bonds is 5. The molecule has 2 rings (SSSR count). The normalized spacial score (nSPS) is 11.9. The second-order valence-electron chi connectivity index (χ2n) is 7.16. The van der Waals surface area contributed by atoms with Crippen LogP contribution < -0.4 is 11.2 Å². The van der Waals surface area contributed by atoms with Gasteiger partial charge in [-0.2, -0.15) is 0 Å². The molecule has 0 amide bonds. The standard InChI is InChI=1S/C17H24N4O3S/c1-10(22)8-7-9-25-13-11-12(18-15(19-13)17(2,3)4)20(5)16(24)21(6)14(11)23/h7-9H2,1-6H3. The number of carbonyl (C=O) groups is 1. The minimum atomic E-state index is -0.413. The van der Waals surface area contributed by atoms with E-state index in [1.54, 1.807) is 14.0 Å². The second-order valence-corrected chi connectivity index (χ2v) is 8.24. The molecule has 0 N–H and O–H groups in total. The molecule has 0 fully saturated rings.